The average Bonchev–Trinajstić information content (AvgIpc) is 3.01. The molecule has 3 aromatic carbocycles. The van der Waals surface area contributed by atoms with Gasteiger partial charge in [-0.2, -0.15) is 0 Å². The Hall–Kier alpha value is -2.51. The molecule has 36 heavy (non-hydrogen) atoms. The monoisotopic (exact) mass is 507 g/mol. The molecule has 2 aliphatic heterocycles. The highest BCUT2D eigenvalue weighted by molar-refractivity contribution is 7.85. The van der Waals surface area contributed by atoms with Crippen molar-refractivity contribution in [3.05, 3.63) is 102 Å². The van der Waals surface area contributed by atoms with Crippen LogP contribution in [0.15, 0.2) is 89.8 Å². The standard InChI is InChI=1S/C23H30NO.C7H8O3S/c1-24(2)21-13-14-22(24)16-18(15-21)17-23(25,19-9-5-3-6-10-19)20-11-7-4-8-12-20;1-6-2-4-7(5-3-6)11(8,9)10/h3-12,18,21-22,25H,13-17H2,1-2H3;2-5H,1H3,(H,8,9,10)/q+1;/p-1/t18?,21-,22+;. The summed E-state index contributed by atoms with van der Waals surface area (Å²) in [5.41, 5.74) is 2.08. The van der Waals surface area contributed by atoms with Crippen molar-refractivity contribution >= 4 is 10.1 Å². The van der Waals surface area contributed by atoms with E-state index in [0.717, 1.165) is 35.2 Å². The van der Waals surface area contributed by atoms with Crippen molar-refractivity contribution in [2.75, 3.05) is 14.1 Å². The normalized spacial score (nSPS) is 23.0. The quantitative estimate of drug-likeness (QED) is 0.379. The molecule has 2 bridgehead atoms. The van der Waals surface area contributed by atoms with Crippen molar-refractivity contribution in [3.8, 4) is 0 Å². The van der Waals surface area contributed by atoms with Crippen LogP contribution in [0.3, 0.4) is 0 Å². The second-order valence-electron chi connectivity index (χ2n) is 10.9. The first-order valence-electron chi connectivity index (χ1n) is 12.7. The molecule has 6 heteroatoms. The van der Waals surface area contributed by atoms with Crippen molar-refractivity contribution in [2.24, 2.45) is 5.92 Å². The summed E-state index contributed by atoms with van der Waals surface area (Å²) in [4.78, 5) is -0.178. The van der Waals surface area contributed by atoms with Crippen LogP contribution in [0.25, 0.3) is 0 Å². The molecule has 0 aromatic heterocycles. The predicted octanol–water partition coefficient (Wildman–Crippen LogP) is 5.23. The van der Waals surface area contributed by atoms with Gasteiger partial charge in [0, 0.05) is 25.7 Å². The van der Waals surface area contributed by atoms with Gasteiger partial charge in [-0.25, -0.2) is 8.42 Å². The second kappa shape index (κ2) is 10.5. The Morgan fingerprint density at radius 1 is 0.833 bits per heavy atom. The van der Waals surface area contributed by atoms with E-state index in [1.54, 1.807) is 12.1 Å². The number of piperidine rings is 1. The van der Waals surface area contributed by atoms with E-state index in [1.807, 2.05) is 43.3 Å². The molecule has 3 aromatic rings. The van der Waals surface area contributed by atoms with Gasteiger partial charge in [0.25, 0.3) is 0 Å². The van der Waals surface area contributed by atoms with Crippen LogP contribution in [0.2, 0.25) is 0 Å². The van der Waals surface area contributed by atoms with Crippen molar-refractivity contribution < 1.29 is 22.6 Å². The number of aryl methyl sites for hydroxylation is 1. The van der Waals surface area contributed by atoms with Crippen molar-refractivity contribution in [1.29, 1.82) is 0 Å². The fourth-order valence-corrected chi connectivity index (χ4v) is 6.58. The lowest BCUT2D eigenvalue weighted by molar-refractivity contribution is -0.931. The molecule has 0 saturated carbocycles. The molecule has 0 radical (unpaired) electrons. The first-order valence-corrected chi connectivity index (χ1v) is 14.1. The molecule has 3 atom stereocenters. The van der Waals surface area contributed by atoms with Crippen LogP contribution in [0.5, 0.6) is 0 Å². The summed E-state index contributed by atoms with van der Waals surface area (Å²) < 4.78 is 32.4. The first-order chi connectivity index (χ1) is 17.0. The molecule has 2 heterocycles. The largest absolute Gasteiger partial charge is 0.744 e. The zero-order chi connectivity index (χ0) is 26.0. The van der Waals surface area contributed by atoms with E-state index in [9.17, 15) is 18.1 Å². The number of hydrogen-bond donors (Lipinski definition) is 1. The molecule has 0 aliphatic carbocycles. The summed E-state index contributed by atoms with van der Waals surface area (Å²) in [6, 6.07) is 27.8. The molecule has 2 fully saturated rings. The highest BCUT2D eigenvalue weighted by Gasteiger charge is 2.50. The Morgan fingerprint density at radius 3 is 1.69 bits per heavy atom. The minimum absolute atomic E-state index is 0.178. The maximum Gasteiger partial charge on any atom is 0.124 e. The Morgan fingerprint density at radius 2 is 1.28 bits per heavy atom. The number of aliphatic hydroxyl groups is 1. The van der Waals surface area contributed by atoms with Gasteiger partial charge in [0.05, 0.1) is 31.1 Å². The van der Waals surface area contributed by atoms with E-state index < -0.39 is 15.7 Å². The fourth-order valence-electron chi connectivity index (χ4n) is 6.11. The smallest absolute Gasteiger partial charge is 0.124 e. The SMILES string of the molecule is C[N+]1(C)[C@@H]2CC[C@H]1CC(CC(O)(c1ccccc1)c1ccccc1)C2.Cc1ccc(S(=O)(=O)[O-])cc1. The van der Waals surface area contributed by atoms with Gasteiger partial charge in [0.15, 0.2) is 0 Å². The fraction of sp³-hybridized carbons (Fsp3) is 0.400. The van der Waals surface area contributed by atoms with E-state index in [4.69, 9.17) is 0 Å². The summed E-state index contributed by atoms with van der Waals surface area (Å²) in [6.45, 7) is 1.82. The minimum atomic E-state index is -4.27. The molecule has 0 spiro atoms. The van der Waals surface area contributed by atoms with Gasteiger partial charge in [-0.3, -0.25) is 0 Å². The average molecular weight is 508 g/mol. The van der Waals surface area contributed by atoms with Crippen LogP contribution in [0, 0.1) is 12.8 Å². The minimum Gasteiger partial charge on any atom is -0.744 e. The van der Waals surface area contributed by atoms with Crippen LogP contribution < -0.4 is 0 Å². The van der Waals surface area contributed by atoms with Gasteiger partial charge < -0.3 is 14.1 Å². The van der Waals surface area contributed by atoms with Crippen LogP contribution in [0.4, 0.5) is 0 Å². The third kappa shape index (κ3) is 5.73. The molecule has 1 N–H and O–H groups in total. The number of quaternary nitrogens is 1. The lowest BCUT2D eigenvalue weighted by Gasteiger charge is -2.46. The van der Waals surface area contributed by atoms with Gasteiger partial charge in [-0.05, 0) is 42.5 Å². The number of benzene rings is 3. The lowest BCUT2D eigenvalue weighted by atomic mass is 9.75. The predicted molar refractivity (Wildman–Crippen MR) is 141 cm³/mol. The molecule has 5 nitrogen and oxygen atoms in total. The van der Waals surface area contributed by atoms with Gasteiger partial charge in [0.2, 0.25) is 0 Å². The van der Waals surface area contributed by atoms with E-state index >= 15 is 0 Å². The molecule has 192 valence electrons. The van der Waals surface area contributed by atoms with Gasteiger partial charge in [-0.15, -0.1) is 0 Å². The Kier molecular flexibility index (Phi) is 7.72. The van der Waals surface area contributed by atoms with E-state index in [1.165, 1.54) is 42.3 Å². The molecule has 0 amide bonds. The summed E-state index contributed by atoms with van der Waals surface area (Å²) in [7, 11) is 0.534. The molecule has 2 saturated heterocycles. The lowest BCUT2D eigenvalue weighted by Crippen LogP contribution is -2.55. The molecule has 1 unspecified atom stereocenters. The van der Waals surface area contributed by atoms with Gasteiger partial charge in [-0.1, -0.05) is 78.4 Å². The summed E-state index contributed by atoms with van der Waals surface area (Å²) in [5, 5.41) is 11.8. The molecule has 5 rings (SSSR count). The number of nitrogens with zero attached hydrogens (tertiary/aromatic N) is 1. The summed E-state index contributed by atoms with van der Waals surface area (Å²) in [5.74, 6) is 0.592. The van der Waals surface area contributed by atoms with Crippen LogP contribution in [-0.2, 0) is 15.7 Å². The van der Waals surface area contributed by atoms with Crippen molar-refractivity contribution in [2.45, 2.75) is 61.6 Å². The van der Waals surface area contributed by atoms with E-state index in [2.05, 4.69) is 38.4 Å². The van der Waals surface area contributed by atoms with Crippen LogP contribution in [-0.4, -0.2) is 48.7 Å². The first kappa shape index (κ1) is 26.6. The number of rotatable bonds is 5. The van der Waals surface area contributed by atoms with Crippen molar-refractivity contribution in [3.63, 3.8) is 0 Å². The maximum absolute atomic E-state index is 11.8. The topological polar surface area (TPSA) is 77.4 Å². The third-order valence-electron chi connectivity index (χ3n) is 8.32. The zero-order valence-corrected chi connectivity index (χ0v) is 22.2. The van der Waals surface area contributed by atoms with Gasteiger partial charge in [0.1, 0.15) is 15.7 Å². The number of hydrogen-bond acceptors (Lipinski definition) is 4. The van der Waals surface area contributed by atoms with Crippen LogP contribution >= 0.6 is 0 Å². The van der Waals surface area contributed by atoms with Crippen molar-refractivity contribution in [1.82, 2.24) is 0 Å². The maximum atomic E-state index is 11.8. The number of fused-ring (bicyclic) bond motifs is 2. The molecular formula is C30H37NO4S. The van der Waals surface area contributed by atoms with E-state index in [-0.39, 0.29) is 4.90 Å². The Labute approximate surface area is 215 Å². The molecule has 2 aliphatic rings. The summed E-state index contributed by atoms with van der Waals surface area (Å²) in [6.07, 6.45) is 6.01. The van der Waals surface area contributed by atoms with Crippen LogP contribution in [0.1, 0.15) is 48.8 Å². The zero-order valence-electron chi connectivity index (χ0n) is 21.4. The highest BCUT2D eigenvalue weighted by atomic mass is 32.2. The van der Waals surface area contributed by atoms with E-state index in [0.29, 0.717) is 5.92 Å². The highest BCUT2D eigenvalue weighted by Crippen LogP contribution is 2.47. The Balaban J connectivity index is 0.000000233. The Bertz CT molecular complexity index is 1190. The summed E-state index contributed by atoms with van der Waals surface area (Å²) >= 11 is 0. The second-order valence-corrected chi connectivity index (χ2v) is 12.3. The molecular weight excluding hydrogens is 470 g/mol. The third-order valence-corrected chi connectivity index (χ3v) is 9.17. The van der Waals surface area contributed by atoms with Gasteiger partial charge >= 0.3 is 0 Å².